The van der Waals surface area contributed by atoms with E-state index in [1.807, 2.05) is 0 Å². The van der Waals surface area contributed by atoms with Crippen molar-refractivity contribution in [3.63, 3.8) is 0 Å². The average molecular weight is 138 g/mol. The van der Waals surface area contributed by atoms with E-state index in [1.165, 1.54) is 0 Å². The van der Waals surface area contributed by atoms with Gasteiger partial charge in [0.25, 0.3) is 0 Å². The number of rotatable bonds is 2. The van der Waals surface area contributed by atoms with E-state index in [9.17, 15) is 4.79 Å². The first-order chi connectivity index (χ1) is 4.74. The van der Waals surface area contributed by atoms with E-state index in [2.05, 4.69) is 13.8 Å². The molecule has 0 saturated heterocycles. The van der Waals surface area contributed by atoms with Crippen molar-refractivity contribution in [1.82, 2.24) is 0 Å². The van der Waals surface area contributed by atoms with Gasteiger partial charge in [-0.15, -0.1) is 0 Å². The van der Waals surface area contributed by atoms with Gasteiger partial charge in [-0.3, -0.25) is 4.79 Å². The van der Waals surface area contributed by atoms with E-state index < -0.39 is 0 Å². The van der Waals surface area contributed by atoms with Crippen LogP contribution in [0.2, 0.25) is 0 Å². The zero-order chi connectivity index (χ0) is 7.56. The Kier molecular flexibility index (Phi) is 1.90. The molecule has 0 aliphatic carbocycles. The number of carbonyl (C=O) groups is 1. The molecule has 0 bridgehead atoms. The van der Waals surface area contributed by atoms with Crippen molar-refractivity contribution in [2.24, 2.45) is 0 Å². The topological polar surface area (TPSA) is 30.2 Å². The fraction of sp³-hybridized carbons (Fsp3) is 0.375. The molecule has 0 saturated carbocycles. The van der Waals surface area contributed by atoms with Crippen LogP contribution in [0.5, 0.6) is 0 Å². The fourth-order valence-corrected chi connectivity index (χ4v) is 0.733. The van der Waals surface area contributed by atoms with E-state index in [1.54, 1.807) is 12.3 Å². The van der Waals surface area contributed by atoms with Crippen molar-refractivity contribution in [2.75, 3.05) is 0 Å². The highest BCUT2D eigenvalue weighted by Crippen LogP contribution is 2.15. The van der Waals surface area contributed by atoms with Crippen LogP contribution in [0.1, 0.15) is 35.9 Å². The van der Waals surface area contributed by atoms with Crippen molar-refractivity contribution in [3.8, 4) is 0 Å². The third kappa shape index (κ3) is 1.26. The third-order valence-electron chi connectivity index (χ3n) is 1.42. The zero-order valence-corrected chi connectivity index (χ0v) is 6.13. The van der Waals surface area contributed by atoms with Gasteiger partial charge in [-0.05, 0) is 17.5 Å². The number of carbonyl (C=O) groups excluding carboxylic acids is 1. The van der Waals surface area contributed by atoms with E-state index >= 15 is 0 Å². The molecule has 0 N–H and O–H groups in total. The predicted molar refractivity (Wildman–Crippen MR) is 38.2 cm³/mol. The van der Waals surface area contributed by atoms with Gasteiger partial charge in [0.05, 0.1) is 6.26 Å². The summed E-state index contributed by atoms with van der Waals surface area (Å²) in [4.78, 5) is 10.1. The summed E-state index contributed by atoms with van der Waals surface area (Å²) in [6.45, 7) is 4.11. The predicted octanol–water partition coefficient (Wildman–Crippen LogP) is 2.22. The molecule has 0 fully saturated rings. The molecule has 0 atom stereocenters. The molecular formula is C8H10O2. The summed E-state index contributed by atoms with van der Waals surface area (Å²) in [5, 5.41) is 0. The lowest BCUT2D eigenvalue weighted by Crippen LogP contribution is -1.80. The van der Waals surface area contributed by atoms with E-state index in [0.29, 0.717) is 18.0 Å². The third-order valence-corrected chi connectivity index (χ3v) is 1.42. The molecule has 0 unspecified atom stereocenters. The van der Waals surface area contributed by atoms with Gasteiger partial charge in [-0.2, -0.15) is 0 Å². The molecule has 54 valence electrons. The molecule has 2 nitrogen and oxygen atoms in total. The van der Waals surface area contributed by atoms with Gasteiger partial charge in [-0.1, -0.05) is 13.8 Å². The van der Waals surface area contributed by atoms with E-state index in [0.717, 1.165) is 5.56 Å². The fourth-order valence-electron chi connectivity index (χ4n) is 0.733. The summed E-state index contributed by atoms with van der Waals surface area (Å²) < 4.78 is 4.91. The minimum absolute atomic E-state index is 0.406. The van der Waals surface area contributed by atoms with Crippen molar-refractivity contribution in [3.05, 3.63) is 23.7 Å². The highest BCUT2D eigenvalue weighted by Gasteiger charge is 2.02. The summed E-state index contributed by atoms with van der Waals surface area (Å²) in [6.07, 6.45) is 2.33. The number of aldehydes is 1. The van der Waals surface area contributed by atoms with Crippen LogP contribution in [0.4, 0.5) is 0 Å². The molecule has 0 amide bonds. The first-order valence-electron chi connectivity index (χ1n) is 3.27. The Morgan fingerprint density at radius 2 is 2.30 bits per heavy atom. The lowest BCUT2D eigenvalue weighted by molar-refractivity contribution is 0.110. The lowest BCUT2D eigenvalue weighted by atomic mass is 10.1. The Morgan fingerprint density at radius 1 is 1.60 bits per heavy atom. The average Bonchev–Trinajstić information content (AvgIpc) is 2.34. The highest BCUT2D eigenvalue weighted by atomic mass is 16.3. The normalized spacial score (nSPS) is 10.3. The van der Waals surface area contributed by atoms with Gasteiger partial charge in [0.2, 0.25) is 0 Å². The SMILES string of the molecule is CC(C)c1coc(C=O)c1. The molecule has 0 aliphatic heterocycles. The molecule has 0 aromatic carbocycles. The van der Waals surface area contributed by atoms with E-state index in [4.69, 9.17) is 4.42 Å². The van der Waals surface area contributed by atoms with Gasteiger partial charge < -0.3 is 4.42 Å². The molecule has 10 heavy (non-hydrogen) atoms. The van der Waals surface area contributed by atoms with Gasteiger partial charge in [0.1, 0.15) is 0 Å². The van der Waals surface area contributed by atoms with Crippen molar-refractivity contribution < 1.29 is 9.21 Å². The molecule has 1 aromatic heterocycles. The Hall–Kier alpha value is -1.05. The number of hydrogen-bond acceptors (Lipinski definition) is 2. The van der Waals surface area contributed by atoms with Crippen molar-refractivity contribution in [1.29, 1.82) is 0 Å². The van der Waals surface area contributed by atoms with Crippen LogP contribution in [0.25, 0.3) is 0 Å². The van der Waals surface area contributed by atoms with Crippen LogP contribution in [-0.4, -0.2) is 6.29 Å². The monoisotopic (exact) mass is 138 g/mol. The summed E-state index contributed by atoms with van der Waals surface area (Å²) in [5.74, 6) is 0.834. The second-order valence-electron chi connectivity index (χ2n) is 2.55. The molecule has 0 aliphatic rings. The maximum absolute atomic E-state index is 10.1. The summed E-state index contributed by atoms with van der Waals surface area (Å²) >= 11 is 0. The minimum atomic E-state index is 0.406. The van der Waals surface area contributed by atoms with E-state index in [-0.39, 0.29) is 0 Å². The molecule has 0 radical (unpaired) electrons. The Morgan fingerprint density at radius 3 is 2.60 bits per heavy atom. The van der Waals surface area contributed by atoms with Crippen LogP contribution in [-0.2, 0) is 0 Å². The van der Waals surface area contributed by atoms with Crippen LogP contribution < -0.4 is 0 Å². The standard InChI is InChI=1S/C8H10O2/c1-6(2)7-3-8(4-9)10-5-7/h3-6H,1-2H3. The number of hydrogen-bond donors (Lipinski definition) is 0. The highest BCUT2D eigenvalue weighted by molar-refractivity contribution is 5.70. The van der Waals surface area contributed by atoms with Crippen LogP contribution in [0, 0.1) is 0 Å². The maximum atomic E-state index is 10.1. The van der Waals surface area contributed by atoms with Crippen LogP contribution >= 0.6 is 0 Å². The molecule has 1 aromatic rings. The Balaban J connectivity index is 2.88. The first-order valence-corrected chi connectivity index (χ1v) is 3.27. The molecular weight excluding hydrogens is 128 g/mol. The summed E-state index contributed by atoms with van der Waals surface area (Å²) in [5.41, 5.74) is 1.07. The van der Waals surface area contributed by atoms with Gasteiger partial charge in [0.15, 0.2) is 12.0 Å². The van der Waals surface area contributed by atoms with Crippen LogP contribution in [0.3, 0.4) is 0 Å². The lowest BCUT2D eigenvalue weighted by Gasteiger charge is -1.94. The Bertz CT molecular complexity index is 223. The van der Waals surface area contributed by atoms with Crippen molar-refractivity contribution in [2.45, 2.75) is 19.8 Å². The molecule has 1 rings (SSSR count). The van der Waals surface area contributed by atoms with Gasteiger partial charge in [0, 0.05) is 0 Å². The van der Waals surface area contributed by atoms with Gasteiger partial charge in [-0.25, -0.2) is 0 Å². The largest absolute Gasteiger partial charge is 0.461 e. The molecule has 2 heteroatoms. The molecule has 0 spiro atoms. The second kappa shape index (κ2) is 2.69. The number of furan rings is 1. The Labute approximate surface area is 59.8 Å². The quantitative estimate of drug-likeness (QED) is 0.586. The van der Waals surface area contributed by atoms with Crippen LogP contribution in [0.15, 0.2) is 16.7 Å². The molecule has 1 heterocycles. The van der Waals surface area contributed by atoms with Crippen molar-refractivity contribution >= 4 is 6.29 Å². The zero-order valence-electron chi connectivity index (χ0n) is 6.13. The second-order valence-corrected chi connectivity index (χ2v) is 2.55. The summed E-state index contributed by atoms with van der Waals surface area (Å²) in [6, 6.07) is 1.76. The maximum Gasteiger partial charge on any atom is 0.185 e. The minimum Gasteiger partial charge on any atom is -0.461 e. The summed E-state index contributed by atoms with van der Waals surface area (Å²) in [7, 11) is 0. The smallest absolute Gasteiger partial charge is 0.185 e. The first kappa shape index (κ1) is 7.06. The van der Waals surface area contributed by atoms with Gasteiger partial charge >= 0.3 is 0 Å².